The quantitative estimate of drug-likeness (QED) is 0.291. The van der Waals surface area contributed by atoms with E-state index in [1.165, 1.54) is 0 Å². The van der Waals surface area contributed by atoms with Crippen LogP contribution < -0.4 is 0 Å². The second-order valence-electron chi connectivity index (χ2n) is 3.45. The summed E-state index contributed by atoms with van der Waals surface area (Å²) < 4.78 is 4.75. The molecule has 1 aliphatic heterocycles. The summed E-state index contributed by atoms with van der Waals surface area (Å²) in [4.78, 5) is 0. The Kier molecular flexibility index (Phi) is 4.41. The molecule has 15 heavy (non-hydrogen) atoms. The second kappa shape index (κ2) is 5.17. The predicted octanol–water partition coefficient (Wildman–Crippen LogP) is -3.66. The highest BCUT2D eigenvalue weighted by Gasteiger charge is 2.43. The largest absolute Gasteiger partial charge is 0.394 e. The van der Waals surface area contributed by atoms with Crippen LogP contribution in [0.3, 0.4) is 0 Å². The lowest BCUT2D eigenvalue weighted by molar-refractivity contribution is -0.202. The van der Waals surface area contributed by atoms with E-state index in [1.807, 2.05) is 0 Å². The van der Waals surface area contributed by atoms with E-state index >= 15 is 0 Å². The first-order valence-corrected chi connectivity index (χ1v) is 4.49. The van der Waals surface area contributed by atoms with Crippen molar-refractivity contribution < 1.29 is 35.4 Å². The van der Waals surface area contributed by atoms with Gasteiger partial charge < -0.3 is 35.4 Å². The van der Waals surface area contributed by atoms with Crippen molar-refractivity contribution in [2.45, 2.75) is 36.6 Å². The van der Waals surface area contributed by atoms with Crippen LogP contribution in [0.4, 0.5) is 0 Å². The van der Waals surface area contributed by atoms with Gasteiger partial charge in [-0.15, -0.1) is 0 Å². The summed E-state index contributed by atoms with van der Waals surface area (Å²) in [5.74, 6) is 0. The number of aliphatic hydroxyl groups excluding tert-OH is 6. The van der Waals surface area contributed by atoms with Gasteiger partial charge in [0.1, 0.15) is 43.2 Å². The minimum atomic E-state index is -1.55. The van der Waals surface area contributed by atoms with Crippen molar-refractivity contribution in [3.63, 3.8) is 0 Å². The highest BCUT2D eigenvalue weighted by atomic mass is 16.5. The lowest BCUT2D eigenvalue weighted by Crippen LogP contribution is -2.57. The van der Waals surface area contributed by atoms with E-state index in [0.717, 1.165) is 6.61 Å². The lowest BCUT2D eigenvalue weighted by atomic mass is 9.94. The van der Waals surface area contributed by atoms with E-state index in [4.69, 9.17) is 20.1 Å². The third-order valence-electron chi connectivity index (χ3n) is 2.33. The van der Waals surface area contributed by atoms with Crippen LogP contribution in [0.5, 0.6) is 0 Å². The van der Waals surface area contributed by atoms with E-state index in [2.05, 4.69) is 0 Å². The van der Waals surface area contributed by atoms with Crippen molar-refractivity contribution >= 4 is 0 Å². The Morgan fingerprint density at radius 3 is 2.27 bits per heavy atom. The molecule has 1 rings (SSSR count). The topological polar surface area (TPSA) is 131 Å². The number of hydrogen-bond donors (Lipinski definition) is 6. The molecule has 89 valence electrons. The number of hydrogen-bond acceptors (Lipinski definition) is 7. The molecule has 6 N–H and O–H groups in total. The summed E-state index contributed by atoms with van der Waals surface area (Å²) in [6.45, 7) is 0.155. The predicted molar refractivity (Wildman–Crippen MR) is 46.3 cm³/mol. The van der Waals surface area contributed by atoms with Gasteiger partial charge in [-0.3, -0.25) is 0 Å². The summed E-state index contributed by atoms with van der Waals surface area (Å²) in [6, 6.07) is 0. The fourth-order valence-corrected chi connectivity index (χ4v) is 1.34. The molecule has 0 bridgehead atoms. The molecule has 0 aromatic heterocycles. The van der Waals surface area contributed by atoms with Crippen LogP contribution in [0.25, 0.3) is 0 Å². The first-order valence-electron chi connectivity index (χ1n) is 4.49. The summed E-state index contributed by atoms with van der Waals surface area (Å²) >= 11 is 0. The maximum atomic E-state index is 9.41. The van der Waals surface area contributed by atoms with E-state index in [-0.39, 0.29) is 0 Å². The Morgan fingerprint density at radius 1 is 1.13 bits per heavy atom. The zero-order chi connectivity index (χ0) is 11.6. The van der Waals surface area contributed by atoms with Gasteiger partial charge in [0.25, 0.3) is 0 Å². The first kappa shape index (κ1) is 12.8. The third-order valence-corrected chi connectivity index (χ3v) is 2.33. The van der Waals surface area contributed by atoms with Crippen molar-refractivity contribution in [2.75, 3.05) is 6.61 Å². The molecule has 7 nitrogen and oxygen atoms in total. The van der Waals surface area contributed by atoms with Crippen LogP contribution in [0.1, 0.15) is 0 Å². The molecule has 7 heteroatoms. The van der Waals surface area contributed by atoms with Gasteiger partial charge in [0.2, 0.25) is 0 Å². The van der Waals surface area contributed by atoms with Gasteiger partial charge in [-0.05, 0) is 0 Å². The van der Waals surface area contributed by atoms with Crippen LogP contribution in [0.2, 0.25) is 0 Å². The van der Waals surface area contributed by atoms with Crippen molar-refractivity contribution in [3.8, 4) is 0 Å². The summed E-state index contributed by atoms with van der Waals surface area (Å²) in [6.07, 6.45) is -8.71. The molecule has 0 spiro atoms. The molecule has 1 fully saturated rings. The number of ether oxygens (including phenoxy) is 1. The maximum absolute atomic E-state index is 9.41. The summed E-state index contributed by atoms with van der Waals surface area (Å²) in [7, 11) is 0. The van der Waals surface area contributed by atoms with Crippen LogP contribution in [0.15, 0.2) is 0 Å². The smallest absolute Gasteiger partial charge is 0.115 e. The zero-order valence-corrected chi connectivity index (χ0v) is 7.84. The Balaban J connectivity index is 2.62. The van der Waals surface area contributed by atoms with Crippen LogP contribution >= 0.6 is 0 Å². The SMILES string of the molecule is OC[C@@H](O)[C@H](O)[C@H]1O[CH][C@H](O)[C@@H](O)[C@@H]1O. The van der Waals surface area contributed by atoms with Crippen molar-refractivity contribution in [3.05, 3.63) is 6.61 Å². The van der Waals surface area contributed by atoms with Gasteiger partial charge in [0, 0.05) is 0 Å². The lowest BCUT2D eigenvalue weighted by Gasteiger charge is -2.38. The monoisotopic (exact) mass is 223 g/mol. The molecule has 1 heterocycles. The molecule has 0 aliphatic carbocycles. The Bertz CT molecular complexity index is 195. The molecular weight excluding hydrogens is 208 g/mol. The average molecular weight is 223 g/mol. The molecule has 0 amide bonds. The van der Waals surface area contributed by atoms with E-state index in [1.54, 1.807) is 0 Å². The highest BCUT2D eigenvalue weighted by Crippen LogP contribution is 2.22. The van der Waals surface area contributed by atoms with Gasteiger partial charge in [0.05, 0.1) is 6.61 Å². The number of rotatable bonds is 3. The van der Waals surface area contributed by atoms with Crippen molar-refractivity contribution in [2.24, 2.45) is 0 Å². The molecule has 0 unspecified atom stereocenters. The Labute approximate surface area is 86.2 Å². The van der Waals surface area contributed by atoms with Gasteiger partial charge in [0.15, 0.2) is 0 Å². The van der Waals surface area contributed by atoms with Gasteiger partial charge in [-0.25, -0.2) is 0 Å². The third kappa shape index (κ3) is 2.64. The second-order valence-corrected chi connectivity index (χ2v) is 3.45. The first-order chi connectivity index (χ1) is 6.99. The van der Waals surface area contributed by atoms with E-state index < -0.39 is 43.2 Å². The summed E-state index contributed by atoms with van der Waals surface area (Å²) in [5, 5.41) is 54.8. The van der Waals surface area contributed by atoms with Crippen molar-refractivity contribution in [1.82, 2.24) is 0 Å². The minimum absolute atomic E-state index is 0.702. The minimum Gasteiger partial charge on any atom is -0.394 e. The fourth-order valence-electron chi connectivity index (χ4n) is 1.34. The fraction of sp³-hybridized carbons (Fsp3) is 0.875. The number of aliphatic hydroxyl groups is 6. The van der Waals surface area contributed by atoms with Gasteiger partial charge in [-0.1, -0.05) is 0 Å². The van der Waals surface area contributed by atoms with Crippen LogP contribution in [0, 0.1) is 6.61 Å². The Hall–Kier alpha value is -0.280. The summed E-state index contributed by atoms with van der Waals surface area (Å²) in [5.41, 5.74) is 0. The van der Waals surface area contributed by atoms with E-state index in [9.17, 15) is 15.3 Å². The molecular formula is C8H15O7. The standard InChI is InChI=1S/C8H15O7/c9-1-3(10)6(13)8-7(14)5(12)4(11)2-15-8/h2-14H,1H2/t3-,4+,5-,6+,7+,8-/m1/s1. The molecule has 1 radical (unpaired) electrons. The van der Waals surface area contributed by atoms with Crippen molar-refractivity contribution in [1.29, 1.82) is 0 Å². The zero-order valence-electron chi connectivity index (χ0n) is 7.84. The molecule has 0 aromatic rings. The Morgan fingerprint density at radius 2 is 1.73 bits per heavy atom. The average Bonchev–Trinajstić information content (AvgIpc) is 2.24. The van der Waals surface area contributed by atoms with Gasteiger partial charge >= 0.3 is 0 Å². The highest BCUT2D eigenvalue weighted by molar-refractivity contribution is 4.96. The molecule has 0 aromatic carbocycles. The van der Waals surface area contributed by atoms with Crippen LogP contribution in [-0.4, -0.2) is 73.9 Å². The van der Waals surface area contributed by atoms with Crippen LogP contribution in [-0.2, 0) is 4.74 Å². The maximum Gasteiger partial charge on any atom is 0.115 e. The molecule has 1 saturated heterocycles. The molecule has 0 saturated carbocycles. The van der Waals surface area contributed by atoms with E-state index in [0.29, 0.717) is 0 Å². The molecule has 6 atom stereocenters. The van der Waals surface area contributed by atoms with Gasteiger partial charge in [-0.2, -0.15) is 0 Å². The normalized spacial score (nSPS) is 41.2. The molecule has 1 aliphatic rings.